The monoisotopic (exact) mass is 477 g/mol. The van der Waals surface area contributed by atoms with Crippen molar-refractivity contribution in [3.8, 4) is 0 Å². The summed E-state index contributed by atoms with van der Waals surface area (Å²) in [5.74, 6) is 0.798. The van der Waals surface area contributed by atoms with E-state index in [1.807, 2.05) is 12.1 Å². The highest BCUT2D eigenvalue weighted by atomic mass is 127. The first-order chi connectivity index (χ1) is 12.3. The van der Waals surface area contributed by atoms with E-state index in [9.17, 15) is 0 Å². The van der Waals surface area contributed by atoms with Crippen molar-refractivity contribution in [1.29, 1.82) is 0 Å². The van der Waals surface area contributed by atoms with Gasteiger partial charge in [0.25, 0.3) is 0 Å². The minimum Gasteiger partial charge on any atom is -0.380 e. The number of rotatable bonds is 10. The summed E-state index contributed by atoms with van der Waals surface area (Å²) < 4.78 is 16.4. The highest BCUT2D eigenvalue weighted by Crippen LogP contribution is 2.12. The van der Waals surface area contributed by atoms with Crippen LogP contribution in [0.15, 0.2) is 29.3 Å². The van der Waals surface area contributed by atoms with Crippen LogP contribution in [-0.4, -0.2) is 52.6 Å². The third kappa shape index (κ3) is 8.66. The van der Waals surface area contributed by atoms with Crippen LogP contribution < -0.4 is 10.6 Å². The molecule has 1 atom stereocenters. The molecule has 0 bridgehead atoms. The Morgan fingerprint density at radius 1 is 1.27 bits per heavy atom. The van der Waals surface area contributed by atoms with E-state index in [1.165, 1.54) is 11.1 Å². The lowest BCUT2D eigenvalue weighted by Gasteiger charge is -2.14. The molecule has 2 rings (SSSR count). The number of ether oxygens (including phenoxy) is 3. The first-order valence-electron chi connectivity index (χ1n) is 9.03. The predicted molar refractivity (Wildman–Crippen MR) is 115 cm³/mol. The average Bonchev–Trinajstić information content (AvgIpc) is 3.15. The van der Waals surface area contributed by atoms with Crippen molar-refractivity contribution in [3.05, 3.63) is 35.4 Å². The van der Waals surface area contributed by atoms with E-state index < -0.39 is 0 Å². The molecule has 7 heteroatoms. The molecule has 6 nitrogen and oxygen atoms in total. The Morgan fingerprint density at radius 3 is 2.77 bits per heavy atom. The molecule has 0 saturated carbocycles. The highest BCUT2D eigenvalue weighted by molar-refractivity contribution is 14.0. The van der Waals surface area contributed by atoms with E-state index >= 15 is 0 Å². The summed E-state index contributed by atoms with van der Waals surface area (Å²) in [6, 6.07) is 8.26. The van der Waals surface area contributed by atoms with Crippen molar-refractivity contribution in [1.82, 2.24) is 10.6 Å². The largest absolute Gasteiger partial charge is 0.380 e. The van der Waals surface area contributed by atoms with E-state index in [-0.39, 0.29) is 24.0 Å². The topological polar surface area (TPSA) is 64.1 Å². The van der Waals surface area contributed by atoms with Gasteiger partial charge in [-0.1, -0.05) is 24.3 Å². The first-order valence-corrected chi connectivity index (χ1v) is 9.03. The van der Waals surface area contributed by atoms with Gasteiger partial charge in [0, 0.05) is 40.5 Å². The second kappa shape index (κ2) is 14.2. The van der Waals surface area contributed by atoms with E-state index in [2.05, 4.69) is 27.8 Å². The maximum Gasteiger partial charge on any atom is 0.191 e. The minimum atomic E-state index is 0. The Balaban J connectivity index is 0.00000338. The Kier molecular flexibility index (Phi) is 12.6. The Morgan fingerprint density at radius 2 is 2.08 bits per heavy atom. The minimum absolute atomic E-state index is 0. The molecule has 1 aliphatic heterocycles. The quantitative estimate of drug-likeness (QED) is 0.235. The molecular formula is C19H32IN3O3. The molecule has 1 aromatic carbocycles. The van der Waals surface area contributed by atoms with Crippen molar-refractivity contribution in [3.63, 3.8) is 0 Å². The third-order valence-electron chi connectivity index (χ3n) is 4.17. The van der Waals surface area contributed by atoms with Crippen LogP contribution >= 0.6 is 24.0 Å². The standard InChI is InChI=1S/C19H31N3O3.HI/c1-20-19(21-10-6-11-24-15-18-9-5-12-25-18)22-13-16-7-3-4-8-17(16)14-23-2;/h3-4,7-8,18H,5-6,9-15H2,1-2H3,(H2,20,21,22);1H. The molecule has 2 N–H and O–H groups in total. The number of guanidine groups is 1. The van der Waals surface area contributed by atoms with Crippen molar-refractivity contribution >= 4 is 29.9 Å². The highest BCUT2D eigenvalue weighted by Gasteiger charge is 2.14. The lowest BCUT2D eigenvalue weighted by molar-refractivity contribution is 0.0168. The van der Waals surface area contributed by atoms with Gasteiger partial charge in [-0.3, -0.25) is 4.99 Å². The van der Waals surface area contributed by atoms with Gasteiger partial charge in [0.1, 0.15) is 0 Å². The van der Waals surface area contributed by atoms with E-state index in [0.717, 1.165) is 45.0 Å². The van der Waals surface area contributed by atoms with Crippen molar-refractivity contribution < 1.29 is 14.2 Å². The summed E-state index contributed by atoms with van der Waals surface area (Å²) in [6.45, 7) is 4.49. The predicted octanol–water partition coefficient (Wildman–Crippen LogP) is 2.70. The van der Waals surface area contributed by atoms with E-state index in [4.69, 9.17) is 14.2 Å². The Labute approximate surface area is 174 Å². The smallest absolute Gasteiger partial charge is 0.191 e. The van der Waals surface area contributed by atoms with Gasteiger partial charge in [0.05, 0.1) is 19.3 Å². The van der Waals surface area contributed by atoms with Gasteiger partial charge in [-0.15, -0.1) is 24.0 Å². The number of hydrogen-bond acceptors (Lipinski definition) is 4. The Hall–Kier alpha value is -0.900. The fourth-order valence-corrected chi connectivity index (χ4v) is 2.80. The lowest BCUT2D eigenvalue weighted by Crippen LogP contribution is -2.37. The molecule has 1 fully saturated rings. The summed E-state index contributed by atoms with van der Waals surface area (Å²) in [4.78, 5) is 4.26. The van der Waals surface area contributed by atoms with Crippen LogP contribution in [0.3, 0.4) is 0 Å². The maximum atomic E-state index is 5.67. The molecule has 1 unspecified atom stereocenters. The average molecular weight is 477 g/mol. The van der Waals surface area contributed by atoms with Gasteiger partial charge in [0.15, 0.2) is 5.96 Å². The number of benzene rings is 1. The van der Waals surface area contributed by atoms with Crippen molar-refractivity contribution in [2.75, 3.05) is 40.5 Å². The molecule has 0 amide bonds. The van der Waals surface area contributed by atoms with Crippen LogP contribution in [0.4, 0.5) is 0 Å². The zero-order valence-corrected chi connectivity index (χ0v) is 18.2. The molecule has 1 heterocycles. The fourth-order valence-electron chi connectivity index (χ4n) is 2.80. The number of methoxy groups -OCH3 is 1. The zero-order valence-electron chi connectivity index (χ0n) is 15.8. The van der Waals surface area contributed by atoms with Crippen LogP contribution in [0.5, 0.6) is 0 Å². The molecule has 1 aliphatic rings. The van der Waals surface area contributed by atoms with Crippen LogP contribution in [0, 0.1) is 0 Å². The summed E-state index contributed by atoms with van der Waals surface area (Å²) in [7, 11) is 3.50. The molecule has 0 aromatic heterocycles. The van der Waals surface area contributed by atoms with Gasteiger partial charge >= 0.3 is 0 Å². The van der Waals surface area contributed by atoms with Crippen LogP contribution in [0.1, 0.15) is 30.4 Å². The molecule has 1 aromatic rings. The molecular weight excluding hydrogens is 445 g/mol. The molecule has 0 radical (unpaired) electrons. The summed E-state index contributed by atoms with van der Waals surface area (Å²) in [6.07, 6.45) is 3.52. The van der Waals surface area contributed by atoms with Crippen molar-refractivity contribution in [2.24, 2.45) is 4.99 Å². The van der Waals surface area contributed by atoms with E-state index in [0.29, 0.717) is 25.9 Å². The number of halogens is 1. The van der Waals surface area contributed by atoms with Crippen molar-refractivity contribution in [2.45, 2.75) is 38.5 Å². The fraction of sp³-hybridized carbons (Fsp3) is 0.632. The second-order valence-corrected chi connectivity index (χ2v) is 6.12. The number of nitrogens with zero attached hydrogens (tertiary/aromatic N) is 1. The summed E-state index contributed by atoms with van der Waals surface area (Å²) in [5.41, 5.74) is 2.41. The van der Waals surface area contributed by atoms with Gasteiger partial charge < -0.3 is 24.8 Å². The SMILES string of the molecule is CN=C(NCCCOCC1CCCO1)NCc1ccccc1COC.I. The molecule has 148 valence electrons. The van der Waals surface area contributed by atoms with Gasteiger partial charge in [0.2, 0.25) is 0 Å². The molecule has 1 saturated heterocycles. The molecule has 26 heavy (non-hydrogen) atoms. The summed E-state index contributed by atoms with van der Waals surface area (Å²) in [5, 5.41) is 6.66. The van der Waals surface area contributed by atoms with Gasteiger partial charge in [-0.2, -0.15) is 0 Å². The normalized spacial score (nSPS) is 17.0. The number of nitrogens with one attached hydrogen (secondary N) is 2. The lowest BCUT2D eigenvalue weighted by atomic mass is 10.1. The second-order valence-electron chi connectivity index (χ2n) is 6.12. The van der Waals surface area contributed by atoms with Crippen LogP contribution in [-0.2, 0) is 27.4 Å². The van der Waals surface area contributed by atoms with Gasteiger partial charge in [-0.25, -0.2) is 0 Å². The van der Waals surface area contributed by atoms with E-state index in [1.54, 1.807) is 14.2 Å². The van der Waals surface area contributed by atoms with Crippen LogP contribution in [0.25, 0.3) is 0 Å². The molecule has 0 aliphatic carbocycles. The first kappa shape index (κ1) is 23.1. The van der Waals surface area contributed by atoms with Crippen LogP contribution in [0.2, 0.25) is 0 Å². The maximum absolute atomic E-state index is 5.67. The molecule has 0 spiro atoms. The Bertz CT molecular complexity index is 523. The summed E-state index contributed by atoms with van der Waals surface area (Å²) >= 11 is 0. The number of hydrogen-bond donors (Lipinski definition) is 2. The van der Waals surface area contributed by atoms with Gasteiger partial charge in [-0.05, 0) is 30.4 Å². The number of aliphatic imine (C=N–C) groups is 1. The zero-order chi connectivity index (χ0) is 17.7. The third-order valence-corrected chi connectivity index (χ3v) is 4.17.